The van der Waals surface area contributed by atoms with Crippen molar-refractivity contribution >= 4 is 5.82 Å². The molecule has 0 amide bonds. The van der Waals surface area contributed by atoms with E-state index in [9.17, 15) is 0 Å². The molecule has 140 valence electrons. The van der Waals surface area contributed by atoms with Gasteiger partial charge in [0.2, 0.25) is 0 Å². The first-order chi connectivity index (χ1) is 13.2. The molecule has 0 saturated carbocycles. The molecular weight excluding hydrogens is 336 g/mol. The van der Waals surface area contributed by atoms with E-state index in [1.54, 1.807) is 0 Å². The Bertz CT molecular complexity index is 889. The van der Waals surface area contributed by atoms with Gasteiger partial charge in [-0.2, -0.15) is 0 Å². The molecule has 0 radical (unpaired) electrons. The Hall–Kier alpha value is -2.76. The van der Waals surface area contributed by atoms with E-state index in [4.69, 9.17) is 9.97 Å². The summed E-state index contributed by atoms with van der Waals surface area (Å²) in [5.41, 5.74) is 2.42. The van der Waals surface area contributed by atoms with Crippen LogP contribution in [0.15, 0.2) is 43.1 Å². The second-order valence-corrected chi connectivity index (χ2v) is 7.18. The maximum absolute atomic E-state index is 4.75. The summed E-state index contributed by atoms with van der Waals surface area (Å²) in [5, 5.41) is 0. The average Bonchev–Trinajstić information content (AvgIpc) is 3.17. The van der Waals surface area contributed by atoms with E-state index >= 15 is 0 Å². The molecule has 3 aromatic rings. The maximum atomic E-state index is 4.75. The van der Waals surface area contributed by atoms with Crippen molar-refractivity contribution in [2.75, 3.05) is 18.0 Å². The largest absolute Gasteiger partial charge is 0.356 e. The van der Waals surface area contributed by atoms with E-state index in [-0.39, 0.29) is 0 Å². The molecule has 1 fully saturated rings. The zero-order chi connectivity index (χ0) is 18.6. The number of nitrogens with zero attached hydrogens (tertiary/aromatic N) is 6. The summed E-state index contributed by atoms with van der Waals surface area (Å²) in [6.07, 6.45) is 13.0. The van der Waals surface area contributed by atoms with Crippen LogP contribution >= 0.6 is 0 Å². The second-order valence-electron chi connectivity index (χ2n) is 7.18. The highest BCUT2D eigenvalue weighted by Crippen LogP contribution is 2.30. The van der Waals surface area contributed by atoms with Gasteiger partial charge in [0.1, 0.15) is 17.5 Å². The van der Waals surface area contributed by atoms with E-state index in [0.717, 1.165) is 56.4 Å². The molecule has 27 heavy (non-hydrogen) atoms. The number of pyridine rings is 1. The Balaban J connectivity index is 1.56. The van der Waals surface area contributed by atoms with Crippen LogP contribution in [0, 0.1) is 6.92 Å². The van der Waals surface area contributed by atoms with Crippen LogP contribution in [-0.4, -0.2) is 37.6 Å². The van der Waals surface area contributed by atoms with Crippen molar-refractivity contribution < 1.29 is 0 Å². The van der Waals surface area contributed by atoms with Crippen molar-refractivity contribution in [3.63, 3.8) is 0 Å². The molecule has 0 N–H and O–H groups in total. The first-order valence-electron chi connectivity index (χ1n) is 9.72. The average molecular weight is 362 g/mol. The maximum Gasteiger partial charge on any atom is 0.135 e. The number of hydrogen-bond acceptors (Lipinski definition) is 5. The molecule has 0 aliphatic carbocycles. The number of piperidine rings is 1. The van der Waals surface area contributed by atoms with E-state index in [1.807, 2.05) is 37.8 Å². The van der Waals surface area contributed by atoms with Gasteiger partial charge in [-0.1, -0.05) is 13.0 Å². The van der Waals surface area contributed by atoms with Crippen molar-refractivity contribution in [1.82, 2.24) is 24.5 Å². The Morgan fingerprint density at radius 2 is 2.11 bits per heavy atom. The molecule has 1 unspecified atom stereocenters. The lowest BCUT2D eigenvalue weighted by Gasteiger charge is -2.34. The van der Waals surface area contributed by atoms with Gasteiger partial charge in [-0.05, 0) is 37.8 Å². The Kier molecular flexibility index (Phi) is 5.14. The third-order valence-corrected chi connectivity index (χ3v) is 5.25. The first-order valence-corrected chi connectivity index (χ1v) is 9.72. The molecule has 1 saturated heterocycles. The molecule has 0 bridgehead atoms. The van der Waals surface area contributed by atoms with Gasteiger partial charge in [0.15, 0.2) is 0 Å². The van der Waals surface area contributed by atoms with Crippen LogP contribution in [0.2, 0.25) is 0 Å². The summed E-state index contributed by atoms with van der Waals surface area (Å²) in [5.74, 6) is 3.50. The van der Waals surface area contributed by atoms with Crippen LogP contribution in [0.1, 0.15) is 48.5 Å². The molecule has 1 atom stereocenters. The van der Waals surface area contributed by atoms with E-state index in [0.29, 0.717) is 5.92 Å². The van der Waals surface area contributed by atoms with Crippen LogP contribution in [0.5, 0.6) is 0 Å². The molecular formula is C21H26N6. The Morgan fingerprint density at radius 1 is 1.19 bits per heavy atom. The highest BCUT2D eigenvalue weighted by Gasteiger charge is 2.26. The fourth-order valence-electron chi connectivity index (χ4n) is 3.89. The minimum Gasteiger partial charge on any atom is -0.356 e. The van der Waals surface area contributed by atoms with Crippen molar-refractivity contribution in [2.45, 2.75) is 45.6 Å². The third-order valence-electron chi connectivity index (χ3n) is 5.25. The molecule has 6 nitrogen and oxygen atoms in total. The van der Waals surface area contributed by atoms with Gasteiger partial charge in [0, 0.05) is 55.6 Å². The van der Waals surface area contributed by atoms with Crippen LogP contribution in [0.4, 0.5) is 5.82 Å². The molecule has 4 heterocycles. The van der Waals surface area contributed by atoms with E-state index < -0.39 is 0 Å². The number of aryl methyl sites for hydroxylation is 2. The molecule has 0 spiro atoms. The standard InChI is InChI=1S/C21H26N6/c1-3-18-13-24-16(2)25-21(18)26-10-5-7-19(15-26)20-23-9-11-27(20)14-17-6-4-8-22-12-17/h4,6,8-9,11-13,19H,3,5,7,10,14-15H2,1-2H3. The normalized spacial score (nSPS) is 17.3. The van der Waals surface area contributed by atoms with E-state index in [1.165, 1.54) is 11.1 Å². The predicted octanol–water partition coefficient (Wildman–Crippen LogP) is 3.37. The lowest BCUT2D eigenvalue weighted by molar-refractivity contribution is 0.473. The monoisotopic (exact) mass is 362 g/mol. The topological polar surface area (TPSA) is 59.7 Å². The third kappa shape index (κ3) is 3.84. The van der Waals surface area contributed by atoms with Gasteiger partial charge in [-0.15, -0.1) is 0 Å². The highest BCUT2D eigenvalue weighted by molar-refractivity contribution is 5.47. The van der Waals surface area contributed by atoms with Gasteiger partial charge in [0.05, 0.1) is 6.54 Å². The minimum atomic E-state index is 0.408. The first kappa shape index (κ1) is 17.6. The summed E-state index contributed by atoms with van der Waals surface area (Å²) in [6.45, 7) is 6.94. The van der Waals surface area contributed by atoms with Gasteiger partial charge in [0.25, 0.3) is 0 Å². The van der Waals surface area contributed by atoms with Crippen LogP contribution in [-0.2, 0) is 13.0 Å². The predicted molar refractivity (Wildman–Crippen MR) is 106 cm³/mol. The van der Waals surface area contributed by atoms with Crippen molar-refractivity contribution in [2.24, 2.45) is 0 Å². The van der Waals surface area contributed by atoms with E-state index in [2.05, 4.69) is 38.6 Å². The molecule has 1 aliphatic rings. The van der Waals surface area contributed by atoms with Gasteiger partial charge in [-0.25, -0.2) is 15.0 Å². The van der Waals surface area contributed by atoms with Crippen molar-refractivity contribution in [3.05, 3.63) is 65.9 Å². The summed E-state index contributed by atoms with van der Waals surface area (Å²) in [7, 11) is 0. The fourth-order valence-corrected chi connectivity index (χ4v) is 3.89. The van der Waals surface area contributed by atoms with Crippen LogP contribution in [0.25, 0.3) is 0 Å². The summed E-state index contributed by atoms with van der Waals surface area (Å²) < 4.78 is 2.26. The summed E-state index contributed by atoms with van der Waals surface area (Å²) in [6, 6.07) is 4.10. The molecule has 1 aliphatic heterocycles. The minimum absolute atomic E-state index is 0.408. The molecule has 6 heteroatoms. The molecule has 0 aromatic carbocycles. The molecule has 4 rings (SSSR count). The van der Waals surface area contributed by atoms with Gasteiger partial charge in [-0.3, -0.25) is 4.98 Å². The Morgan fingerprint density at radius 3 is 2.93 bits per heavy atom. The fraction of sp³-hybridized carbons (Fsp3) is 0.429. The SMILES string of the molecule is CCc1cnc(C)nc1N1CCCC(c2nccn2Cc2cccnc2)C1. The number of imidazole rings is 1. The number of rotatable bonds is 5. The van der Waals surface area contributed by atoms with Crippen LogP contribution in [0.3, 0.4) is 0 Å². The van der Waals surface area contributed by atoms with Gasteiger partial charge >= 0.3 is 0 Å². The molecule has 3 aromatic heterocycles. The number of hydrogen-bond donors (Lipinski definition) is 0. The summed E-state index contributed by atoms with van der Waals surface area (Å²) in [4.78, 5) is 20.5. The zero-order valence-electron chi connectivity index (χ0n) is 16.0. The smallest absolute Gasteiger partial charge is 0.135 e. The van der Waals surface area contributed by atoms with Gasteiger partial charge < -0.3 is 9.47 Å². The number of anilines is 1. The van der Waals surface area contributed by atoms with Crippen molar-refractivity contribution in [1.29, 1.82) is 0 Å². The highest BCUT2D eigenvalue weighted by atomic mass is 15.2. The lowest BCUT2D eigenvalue weighted by Crippen LogP contribution is -2.36. The Labute approximate surface area is 160 Å². The quantitative estimate of drug-likeness (QED) is 0.696. The second kappa shape index (κ2) is 7.86. The number of aromatic nitrogens is 5. The summed E-state index contributed by atoms with van der Waals surface area (Å²) >= 11 is 0. The van der Waals surface area contributed by atoms with Crippen molar-refractivity contribution in [3.8, 4) is 0 Å². The zero-order valence-corrected chi connectivity index (χ0v) is 16.0. The van der Waals surface area contributed by atoms with Crippen LogP contribution < -0.4 is 4.90 Å². The lowest BCUT2D eigenvalue weighted by atomic mass is 9.96.